The first kappa shape index (κ1) is 78.1. The molecule has 0 saturated carbocycles. The third-order valence-electron chi connectivity index (χ3n) is 15.5. The van der Waals surface area contributed by atoms with Gasteiger partial charge >= 0.3 is 9.05 Å². The highest BCUT2D eigenvalue weighted by Crippen LogP contribution is 2.22. The highest BCUT2D eigenvalue weighted by Gasteiger charge is 2.62. The Morgan fingerprint density at radius 3 is 0.506 bits per heavy atom. The van der Waals surface area contributed by atoms with Crippen LogP contribution in [0.25, 0.3) is 0 Å². The number of unbranched alkanes of at least 4 members (excludes halogenated alkanes) is 44. The minimum absolute atomic E-state index is 0.0519. The summed E-state index contributed by atoms with van der Waals surface area (Å²) in [5, 5.41) is 0. The van der Waals surface area contributed by atoms with Crippen LogP contribution in [0.4, 0.5) is 0 Å². The largest absolute Gasteiger partial charge is 0.974 e. The lowest BCUT2D eigenvalue weighted by atomic mass is 10.1. The molecule has 81 heavy (non-hydrogen) atoms. The zero-order valence-corrected chi connectivity index (χ0v) is 55.0. The van der Waals surface area contributed by atoms with Gasteiger partial charge in [-0.3, -0.25) is 19.2 Å². The summed E-state index contributed by atoms with van der Waals surface area (Å²) in [6, 6.07) is 0. The average Bonchev–Trinajstić information content (AvgIpc) is 3.45. The van der Waals surface area contributed by atoms with E-state index in [0.717, 1.165) is 154 Å². The number of hydrogen-bond acceptors (Lipinski definition) is 8. The molecule has 0 rings (SSSR count). The molecule has 0 saturated heterocycles. The molecule has 0 radical (unpaired) electrons. The molecule has 0 aliphatic carbocycles. The van der Waals surface area contributed by atoms with E-state index in [1.807, 2.05) is 0 Å². The molecule has 0 heterocycles. The third kappa shape index (κ3) is 60.0. The fourth-order valence-electron chi connectivity index (χ4n) is 10.2. The second kappa shape index (κ2) is 64.6. The number of rotatable bonds is 64. The molecule has 0 N–H and O–H groups in total. The molecular formula is C72H132O8Si. The van der Waals surface area contributed by atoms with Crippen LogP contribution in [0.3, 0.4) is 0 Å². The van der Waals surface area contributed by atoms with Crippen LogP contribution in [0.2, 0.25) is 0 Å². The lowest BCUT2D eigenvalue weighted by Crippen LogP contribution is -2.54. The molecule has 0 bridgehead atoms. The Labute approximate surface area is 503 Å². The van der Waals surface area contributed by atoms with Gasteiger partial charge in [-0.1, -0.05) is 282 Å². The Kier molecular flexibility index (Phi) is 62.3. The zero-order chi connectivity index (χ0) is 58.9. The Balaban J connectivity index is 5.57. The van der Waals surface area contributed by atoms with Crippen LogP contribution in [-0.2, 0) is 36.9 Å². The summed E-state index contributed by atoms with van der Waals surface area (Å²) in [7, 11) is -4.91. The monoisotopic (exact) mass is 1150 g/mol. The van der Waals surface area contributed by atoms with E-state index >= 15 is 0 Å². The van der Waals surface area contributed by atoms with Crippen LogP contribution < -0.4 is 0 Å². The quantitative estimate of drug-likeness (QED) is 0.0337. The molecule has 0 aliphatic heterocycles. The Bertz CT molecular complexity index is 1280. The van der Waals surface area contributed by atoms with Crippen LogP contribution in [-0.4, -0.2) is 32.9 Å². The smallest absolute Gasteiger partial charge is 0.423 e. The van der Waals surface area contributed by atoms with E-state index < -0.39 is 32.9 Å². The maximum absolute atomic E-state index is 13.7. The standard InChI is InChI=1S/C72H132O8Si/c1-5-9-13-17-21-25-29-33-37-41-45-49-53-57-61-65-69(73)77-81(78-70(74)66-62-58-54-50-46-42-38-34-30-26-22-18-14-10-6-2,79-71(75)67-63-59-55-51-47-43-39-35-31-27-23-19-15-11-7-3)80-72(76)68-64-60-56-52-48-44-40-36-32-28-24-20-16-12-8-4/h33-40H,5-32,41-68H2,1-4H3/b37-33+,38-34+,39-35+,40-36+. The zero-order valence-electron chi connectivity index (χ0n) is 54.0. The summed E-state index contributed by atoms with van der Waals surface area (Å²) in [4.78, 5) is 54.7. The summed E-state index contributed by atoms with van der Waals surface area (Å²) in [5.74, 6) is -2.68. The summed E-state index contributed by atoms with van der Waals surface area (Å²) < 4.78 is 23.6. The number of allylic oxidation sites excluding steroid dienone is 8. The van der Waals surface area contributed by atoms with Gasteiger partial charge < -0.3 is 17.7 Å². The van der Waals surface area contributed by atoms with Gasteiger partial charge in [-0.15, -0.1) is 0 Å². The van der Waals surface area contributed by atoms with Crippen molar-refractivity contribution in [3.63, 3.8) is 0 Å². The first-order valence-electron chi connectivity index (χ1n) is 35.3. The van der Waals surface area contributed by atoms with Crippen molar-refractivity contribution in [1.82, 2.24) is 0 Å². The summed E-state index contributed by atoms with van der Waals surface area (Å²) >= 11 is 0. The van der Waals surface area contributed by atoms with E-state index in [4.69, 9.17) is 17.7 Å². The van der Waals surface area contributed by atoms with Gasteiger partial charge in [0.05, 0.1) is 0 Å². The fraction of sp³-hybridized carbons (Fsp3) is 0.833. The second-order valence-electron chi connectivity index (χ2n) is 23.7. The van der Waals surface area contributed by atoms with Crippen LogP contribution in [0.15, 0.2) is 48.6 Å². The van der Waals surface area contributed by atoms with Crippen LogP contribution in [0.1, 0.15) is 387 Å². The minimum atomic E-state index is -4.91. The highest BCUT2D eigenvalue weighted by atomic mass is 28.4. The van der Waals surface area contributed by atoms with Gasteiger partial charge in [0.2, 0.25) is 0 Å². The fourth-order valence-corrected chi connectivity index (χ4v) is 12.0. The lowest BCUT2D eigenvalue weighted by molar-refractivity contribution is -0.163. The van der Waals surface area contributed by atoms with E-state index in [9.17, 15) is 19.2 Å². The number of carbonyl (C=O) groups excluding carboxylic acids is 4. The maximum atomic E-state index is 13.7. The van der Waals surface area contributed by atoms with Gasteiger partial charge in [0.1, 0.15) is 0 Å². The second-order valence-corrected chi connectivity index (χ2v) is 25.5. The van der Waals surface area contributed by atoms with Crippen molar-refractivity contribution in [1.29, 1.82) is 0 Å². The highest BCUT2D eigenvalue weighted by molar-refractivity contribution is 6.61. The molecule has 0 fully saturated rings. The predicted octanol–water partition coefficient (Wildman–Crippen LogP) is 23.7. The third-order valence-corrected chi connectivity index (χ3v) is 17.4. The van der Waals surface area contributed by atoms with Gasteiger partial charge in [0.15, 0.2) is 0 Å². The summed E-state index contributed by atoms with van der Waals surface area (Å²) in [5.41, 5.74) is 0. The van der Waals surface area contributed by atoms with Gasteiger partial charge in [0, 0.05) is 25.7 Å². The van der Waals surface area contributed by atoms with Crippen molar-refractivity contribution in [3.05, 3.63) is 48.6 Å². The SMILES string of the molecule is CCCCCCCC/C=C/CCCCCCCC(=O)O[Si](OC(=O)CCCCCCC/C=C/CCCCCCCC)(OC(=O)CCCCCCC/C=C/CCCCCCCC)OC(=O)CCCCCCC/C=C/CCCCCCCC. The molecule has 0 aromatic carbocycles. The molecule has 8 nitrogen and oxygen atoms in total. The van der Waals surface area contributed by atoms with Gasteiger partial charge in [-0.2, -0.15) is 0 Å². The normalized spacial score (nSPS) is 12.0. The lowest BCUT2D eigenvalue weighted by Gasteiger charge is -2.25. The first-order valence-corrected chi connectivity index (χ1v) is 36.9. The maximum Gasteiger partial charge on any atom is 0.974 e. The topological polar surface area (TPSA) is 105 Å². The van der Waals surface area contributed by atoms with E-state index in [-0.39, 0.29) is 25.7 Å². The number of carbonyl (C=O) groups is 4. The number of hydrogen-bond donors (Lipinski definition) is 0. The van der Waals surface area contributed by atoms with Crippen LogP contribution >= 0.6 is 0 Å². The van der Waals surface area contributed by atoms with Crippen molar-refractivity contribution in [2.75, 3.05) is 0 Å². The van der Waals surface area contributed by atoms with Gasteiger partial charge in [-0.25, -0.2) is 0 Å². The molecular weight excluding hydrogens is 1020 g/mol. The minimum Gasteiger partial charge on any atom is -0.423 e. The average molecular weight is 1150 g/mol. The molecule has 0 spiro atoms. The van der Waals surface area contributed by atoms with E-state index in [0.29, 0.717) is 25.7 Å². The van der Waals surface area contributed by atoms with Crippen molar-refractivity contribution in [2.45, 2.75) is 387 Å². The van der Waals surface area contributed by atoms with E-state index in [1.165, 1.54) is 154 Å². The molecule has 0 unspecified atom stereocenters. The van der Waals surface area contributed by atoms with E-state index in [2.05, 4.69) is 76.3 Å². The summed E-state index contributed by atoms with van der Waals surface area (Å²) in [6.07, 6.45) is 77.6. The molecule has 472 valence electrons. The van der Waals surface area contributed by atoms with Crippen LogP contribution in [0.5, 0.6) is 0 Å². The Morgan fingerprint density at radius 1 is 0.210 bits per heavy atom. The molecule has 0 aromatic rings. The predicted molar refractivity (Wildman–Crippen MR) is 348 cm³/mol. The molecule has 0 atom stereocenters. The molecule has 0 amide bonds. The van der Waals surface area contributed by atoms with E-state index in [1.54, 1.807) is 0 Å². The van der Waals surface area contributed by atoms with Crippen molar-refractivity contribution >= 4 is 32.9 Å². The Hall–Kier alpha value is -2.94. The van der Waals surface area contributed by atoms with Crippen molar-refractivity contribution in [3.8, 4) is 0 Å². The molecule has 0 aliphatic rings. The molecule has 0 aromatic heterocycles. The van der Waals surface area contributed by atoms with Crippen molar-refractivity contribution in [2.24, 2.45) is 0 Å². The van der Waals surface area contributed by atoms with Crippen LogP contribution in [0, 0.1) is 0 Å². The Morgan fingerprint density at radius 2 is 0.346 bits per heavy atom. The van der Waals surface area contributed by atoms with Crippen molar-refractivity contribution < 1.29 is 36.9 Å². The van der Waals surface area contributed by atoms with Gasteiger partial charge in [0.25, 0.3) is 23.9 Å². The first-order chi connectivity index (χ1) is 39.8. The summed E-state index contributed by atoms with van der Waals surface area (Å²) in [6.45, 7) is 9.03. The van der Waals surface area contributed by atoms with Gasteiger partial charge in [-0.05, 0) is 128 Å². The molecule has 9 heteroatoms.